The number of esters is 2. The summed E-state index contributed by atoms with van der Waals surface area (Å²) in [6.07, 6.45) is 2.96. The van der Waals surface area contributed by atoms with Crippen molar-refractivity contribution >= 4 is 45.3 Å². The first-order valence-electron chi connectivity index (χ1n) is 14.2. The maximum atomic E-state index is 14.0. The van der Waals surface area contributed by atoms with E-state index >= 15 is 0 Å². The fourth-order valence-corrected chi connectivity index (χ4v) is 6.58. The van der Waals surface area contributed by atoms with E-state index < -0.39 is 18.0 Å². The number of carbonyl (C=O) groups is 2. The van der Waals surface area contributed by atoms with Crippen LogP contribution in [0.15, 0.2) is 84.5 Å². The normalized spacial score (nSPS) is 14.7. The molecule has 0 spiro atoms. The Bertz CT molecular complexity index is 1940. The van der Waals surface area contributed by atoms with Gasteiger partial charge in [0.05, 0.1) is 52.2 Å². The number of nitrogens with zero attached hydrogens (tertiary/aromatic N) is 2. The lowest BCUT2D eigenvalue weighted by Crippen LogP contribution is -2.40. The second-order valence-corrected chi connectivity index (χ2v) is 11.7. The number of benzene rings is 2. The van der Waals surface area contributed by atoms with Crippen molar-refractivity contribution < 1.29 is 28.2 Å². The number of halogens is 1. The molecule has 1 unspecified atom stereocenters. The topological polar surface area (TPSA) is 109 Å². The number of allylic oxidation sites excluding steroid dienone is 1. The minimum atomic E-state index is -0.756. The number of ether oxygens (including phenoxy) is 3. The number of carbonyl (C=O) groups excluding carboxylic acids is 2. The number of hydrogen-bond donors (Lipinski definition) is 0. The molecule has 0 radical (unpaired) electrons. The number of furan rings is 1. The van der Waals surface area contributed by atoms with Crippen LogP contribution in [0.25, 0.3) is 17.4 Å². The molecule has 9 nitrogen and oxygen atoms in total. The summed E-state index contributed by atoms with van der Waals surface area (Å²) in [6, 6.07) is 15.2. The Balaban J connectivity index is 1.63. The molecule has 0 aliphatic carbocycles. The van der Waals surface area contributed by atoms with E-state index in [-0.39, 0.29) is 18.8 Å². The van der Waals surface area contributed by atoms with E-state index in [1.807, 2.05) is 25.1 Å². The zero-order valence-corrected chi connectivity index (χ0v) is 27.1. The van der Waals surface area contributed by atoms with Gasteiger partial charge in [0.2, 0.25) is 0 Å². The van der Waals surface area contributed by atoms with Crippen molar-refractivity contribution in [2.24, 2.45) is 4.99 Å². The SMILES string of the molecule is CCCC1=C(C(=O)OCC)C(c2ccc(OC)c(Br)c2)n2c(s/c(=C\c3ccc(-c4cccc(C(=O)OCC)c4)o3)c2=O)=N1. The van der Waals surface area contributed by atoms with Crippen LogP contribution in [0, 0.1) is 0 Å². The highest BCUT2D eigenvalue weighted by Crippen LogP contribution is 2.36. The van der Waals surface area contributed by atoms with E-state index in [1.165, 1.54) is 11.3 Å². The molecule has 1 aliphatic rings. The average Bonchev–Trinajstić information content (AvgIpc) is 3.61. The lowest BCUT2D eigenvalue weighted by atomic mass is 9.94. The van der Waals surface area contributed by atoms with Crippen molar-refractivity contribution in [3.05, 3.63) is 107 Å². The van der Waals surface area contributed by atoms with E-state index in [0.29, 0.717) is 65.5 Å². The van der Waals surface area contributed by atoms with Crippen LogP contribution in [0.4, 0.5) is 0 Å². The first-order valence-corrected chi connectivity index (χ1v) is 15.8. The van der Waals surface area contributed by atoms with Crippen LogP contribution >= 0.6 is 27.3 Å². The second kappa shape index (κ2) is 13.6. The maximum absolute atomic E-state index is 14.0. The molecular weight excluding hydrogens is 648 g/mol. The van der Waals surface area contributed by atoms with Crippen molar-refractivity contribution in [1.82, 2.24) is 4.57 Å². The molecule has 2 aromatic heterocycles. The fraction of sp³-hybridized carbons (Fsp3) is 0.273. The zero-order valence-electron chi connectivity index (χ0n) is 24.7. The van der Waals surface area contributed by atoms with Gasteiger partial charge in [-0.1, -0.05) is 42.9 Å². The molecule has 0 saturated heterocycles. The number of aromatic nitrogens is 1. The van der Waals surface area contributed by atoms with Crippen LogP contribution in [0.1, 0.15) is 61.3 Å². The van der Waals surface area contributed by atoms with Gasteiger partial charge < -0.3 is 18.6 Å². The van der Waals surface area contributed by atoms with Crippen LogP contribution in [-0.2, 0) is 14.3 Å². The minimum Gasteiger partial charge on any atom is -0.496 e. The Morgan fingerprint density at radius 3 is 2.52 bits per heavy atom. The van der Waals surface area contributed by atoms with Gasteiger partial charge in [-0.2, -0.15) is 0 Å². The van der Waals surface area contributed by atoms with Gasteiger partial charge in [0.25, 0.3) is 5.56 Å². The van der Waals surface area contributed by atoms with Gasteiger partial charge in [0.15, 0.2) is 4.80 Å². The highest BCUT2D eigenvalue weighted by Gasteiger charge is 2.34. The molecule has 1 aliphatic heterocycles. The summed E-state index contributed by atoms with van der Waals surface area (Å²) < 4.78 is 24.7. The third kappa shape index (κ3) is 6.20. The monoisotopic (exact) mass is 678 g/mol. The predicted octanol–water partition coefficient (Wildman–Crippen LogP) is 5.79. The number of methoxy groups -OCH3 is 1. The lowest BCUT2D eigenvalue weighted by molar-refractivity contribution is -0.139. The smallest absolute Gasteiger partial charge is 0.338 e. The predicted molar refractivity (Wildman–Crippen MR) is 170 cm³/mol. The number of thiazole rings is 1. The summed E-state index contributed by atoms with van der Waals surface area (Å²) in [5.41, 5.74) is 2.44. The molecule has 1 atom stereocenters. The summed E-state index contributed by atoms with van der Waals surface area (Å²) in [7, 11) is 1.57. The van der Waals surface area contributed by atoms with Crippen molar-refractivity contribution in [3.8, 4) is 17.1 Å². The van der Waals surface area contributed by atoms with Crippen LogP contribution in [-0.4, -0.2) is 36.8 Å². The molecule has 5 rings (SSSR count). The van der Waals surface area contributed by atoms with E-state index in [4.69, 9.17) is 23.6 Å². The van der Waals surface area contributed by atoms with Crippen LogP contribution < -0.4 is 19.6 Å². The molecule has 44 heavy (non-hydrogen) atoms. The van der Waals surface area contributed by atoms with Gasteiger partial charge in [-0.05, 0) is 78.2 Å². The third-order valence-corrected chi connectivity index (χ3v) is 8.54. The van der Waals surface area contributed by atoms with Crippen molar-refractivity contribution in [1.29, 1.82) is 0 Å². The molecule has 228 valence electrons. The number of hydrogen-bond acceptors (Lipinski definition) is 9. The summed E-state index contributed by atoms with van der Waals surface area (Å²) in [5.74, 6) is 0.690. The molecule has 0 amide bonds. The number of fused-ring (bicyclic) bond motifs is 1. The third-order valence-electron chi connectivity index (χ3n) is 6.94. The van der Waals surface area contributed by atoms with Gasteiger partial charge in [0, 0.05) is 11.6 Å². The Labute approximate surface area is 266 Å². The average molecular weight is 680 g/mol. The highest BCUT2D eigenvalue weighted by molar-refractivity contribution is 9.10. The van der Waals surface area contributed by atoms with Crippen LogP contribution in [0.5, 0.6) is 5.75 Å². The zero-order chi connectivity index (χ0) is 31.4. The van der Waals surface area contributed by atoms with E-state index in [9.17, 15) is 14.4 Å². The Kier molecular flexibility index (Phi) is 9.65. The fourth-order valence-electron chi connectivity index (χ4n) is 5.02. The Hall–Kier alpha value is -4.22. The van der Waals surface area contributed by atoms with Crippen molar-refractivity contribution in [2.75, 3.05) is 20.3 Å². The summed E-state index contributed by atoms with van der Waals surface area (Å²) in [4.78, 5) is 44.9. The van der Waals surface area contributed by atoms with E-state index in [2.05, 4.69) is 15.9 Å². The van der Waals surface area contributed by atoms with Gasteiger partial charge in [-0.15, -0.1) is 0 Å². The van der Waals surface area contributed by atoms with Crippen LogP contribution in [0.3, 0.4) is 0 Å². The van der Waals surface area contributed by atoms with Crippen molar-refractivity contribution in [2.45, 2.75) is 39.7 Å². The second-order valence-electron chi connectivity index (χ2n) is 9.81. The van der Waals surface area contributed by atoms with Gasteiger partial charge in [-0.25, -0.2) is 14.6 Å². The molecule has 3 heterocycles. The first-order chi connectivity index (χ1) is 21.3. The van der Waals surface area contributed by atoms with E-state index in [1.54, 1.807) is 68.0 Å². The first kappa shape index (κ1) is 31.2. The number of rotatable bonds is 10. The van der Waals surface area contributed by atoms with Crippen LogP contribution in [0.2, 0.25) is 0 Å². The molecule has 0 N–H and O–H groups in total. The molecule has 11 heteroatoms. The summed E-state index contributed by atoms with van der Waals surface area (Å²) >= 11 is 4.77. The Morgan fingerprint density at radius 1 is 1.05 bits per heavy atom. The lowest BCUT2D eigenvalue weighted by Gasteiger charge is -2.26. The molecule has 4 aromatic rings. The van der Waals surface area contributed by atoms with Crippen molar-refractivity contribution in [3.63, 3.8) is 0 Å². The minimum absolute atomic E-state index is 0.189. The van der Waals surface area contributed by atoms with Gasteiger partial charge >= 0.3 is 11.9 Å². The summed E-state index contributed by atoms with van der Waals surface area (Å²) in [6.45, 7) is 5.98. The molecular formula is C33H31BrN2O7S. The van der Waals surface area contributed by atoms with Gasteiger partial charge in [-0.3, -0.25) is 9.36 Å². The summed E-state index contributed by atoms with van der Waals surface area (Å²) in [5, 5.41) is 0. The highest BCUT2D eigenvalue weighted by atomic mass is 79.9. The molecule has 2 aromatic carbocycles. The largest absolute Gasteiger partial charge is 0.496 e. The standard InChI is InChI=1S/C33H31BrN2O7S/c1-5-9-24-28(32(39)42-7-3)29(20-12-14-26(40-4)23(34)17-20)36-30(37)27(44-33(36)35-24)18-22-13-15-25(43-22)19-10-8-11-21(16-19)31(38)41-6-2/h8,10-18,29H,5-7,9H2,1-4H3/b27-18-. The van der Waals surface area contributed by atoms with Gasteiger partial charge in [0.1, 0.15) is 17.3 Å². The maximum Gasteiger partial charge on any atom is 0.338 e. The molecule has 0 saturated carbocycles. The quantitative estimate of drug-likeness (QED) is 0.196. The Morgan fingerprint density at radius 2 is 1.82 bits per heavy atom. The molecule has 0 fully saturated rings. The van der Waals surface area contributed by atoms with E-state index in [0.717, 1.165) is 6.42 Å². The molecule has 0 bridgehead atoms.